The number of benzene rings is 2. The normalized spacial score (nSPS) is 11.9. The molecule has 0 aliphatic heterocycles. The van der Waals surface area contributed by atoms with Crippen LogP contribution in [0.4, 0.5) is 0 Å². The van der Waals surface area contributed by atoms with Crippen LogP contribution < -0.4 is 9.46 Å². The van der Waals surface area contributed by atoms with Crippen LogP contribution in [0.2, 0.25) is 0 Å². The van der Waals surface area contributed by atoms with Crippen molar-refractivity contribution >= 4 is 16.0 Å². The van der Waals surface area contributed by atoms with Gasteiger partial charge in [-0.1, -0.05) is 30.3 Å². The third-order valence-corrected chi connectivity index (χ3v) is 6.13. The fourth-order valence-corrected chi connectivity index (χ4v) is 4.23. The maximum atomic E-state index is 12.8. The number of ether oxygens (including phenoxy) is 2. The minimum atomic E-state index is -3.74. The third-order valence-electron chi connectivity index (χ3n) is 4.69. The number of rotatable bonds is 9. The van der Waals surface area contributed by atoms with Gasteiger partial charge in [-0.05, 0) is 62.9 Å². The summed E-state index contributed by atoms with van der Waals surface area (Å²) in [4.78, 5) is 12.1. The SMILES string of the molecule is CCOc1ccccc1S(=O)(=O)NCc1cc(CC(C)(C)C(=O)OC)ccc1C. The number of sulfonamides is 1. The van der Waals surface area contributed by atoms with E-state index in [9.17, 15) is 13.2 Å². The van der Waals surface area contributed by atoms with E-state index in [0.29, 0.717) is 18.8 Å². The molecule has 0 bridgehead atoms. The molecule has 1 N–H and O–H groups in total. The zero-order valence-corrected chi connectivity index (χ0v) is 18.4. The van der Waals surface area contributed by atoms with E-state index in [0.717, 1.165) is 16.7 Å². The van der Waals surface area contributed by atoms with Crippen LogP contribution >= 0.6 is 0 Å². The summed E-state index contributed by atoms with van der Waals surface area (Å²) in [6, 6.07) is 12.4. The van der Waals surface area contributed by atoms with E-state index in [4.69, 9.17) is 9.47 Å². The first-order valence-corrected chi connectivity index (χ1v) is 11.0. The van der Waals surface area contributed by atoms with Crippen molar-refractivity contribution in [2.45, 2.75) is 45.6 Å². The van der Waals surface area contributed by atoms with Crippen LogP contribution in [0, 0.1) is 12.3 Å². The average Bonchev–Trinajstić information content (AvgIpc) is 2.68. The molecule has 7 heteroatoms. The molecule has 0 spiro atoms. The van der Waals surface area contributed by atoms with Crippen LogP contribution in [-0.2, 0) is 32.5 Å². The fourth-order valence-electron chi connectivity index (χ4n) is 3.08. The summed E-state index contributed by atoms with van der Waals surface area (Å²) in [5, 5.41) is 0. The van der Waals surface area contributed by atoms with Gasteiger partial charge in [0.1, 0.15) is 10.6 Å². The van der Waals surface area contributed by atoms with Gasteiger partial charge >= 0.3 is 5.97 Å². The molecule has 6 nitrogen and oxygen atoms in total. The molecule has 0 saturated carbocycles. The maximum Gasteiger partial charge on any atom is 0.311 e. The quantitative estimate of drug-likeness (QED) is 0.628. The second-order valence-corrected chi connectivity index (χ2v) is 9.25. The van der Waals surface area contributed by atoms with Crippen molar-refractivity contribution in [3.05, 3.63) is 59.2 Å². The van der Waals surface area contributed by atoms with Crippen LogP contribution in [0.1, 0.15) is 37.5 Å². The summed E-state index contributed by atoms with van der Waals surface area (Å²) in [6.07, 6.45) is 0.493. The Balaban J connectivity index is 2.21. The second kappa shape index (κ2) is 9.41. The second-order valence-electron chi connectivity index (χ2n) is 7.52. The molecule has 0 saturated heterocycles. The van der Waals surface area contributed by atoms with E-state index in [-0.39, 0.29) is 17.4 Å². The predicted molar refractivity (Wildman–Crippen MR) is 112 cm³/mol. The molecule has 2 aromatic rings. The van der Waals surface area contributed by atoms with E-state index >= 15 is 0 Å². The summed E-state index contributed by atoms with van der Waals surface area (Å²) in [5.41, 5.74) is 2.08. The molecule has 0 atom stereocenters. The standard InChI is InChI=1S/C22H29NO5S/c1-6-28-19-9-7-8-10-20(19)29(25,26)23-15-18-13-17(12-11-16(18)2)14-22(3,4)21(24)27-5/h7-13,23H,6,14-15H2,1-5H3. The molecule has 2 aromatic carbocycles. The number of aryl methyl sites for hydroxylation is 1. The molecule has 29 heavy (non-hydrogen) atoms. The van der Waals surface area contributed by atoms with Crippen LogP contribution in [0.25, 0.3) is 0 Å². The van der Waals surface area contributed by atoms with Gasteiger partial charge in [-0.15, -0.1) is 0 Å². The number of hydrogen-bond donors (Lipinski definition) is 1. The maximum absolute atomic E-state index is 12.8. The van der Waals surface area contributed by atoms with Gasteiger partial charge in [-0.2, -0.15) is 0 Å². The highest BCUT2D eigenvalue weighted by Gasteiger charge is 2.29. The zero-order chi connectivity index (χ0) is 21.7. The Morgan fingerprint density at radius 3 is 2.48 bits per heavy atom. The smallest absolute Gasteiger partial charge is 0.311 e. The molecule has 0 amide bonds. The van der Waals surface area contributed by atoms with Gasteiger partial charge in [0.15, 0.2) is 0 Å². The Morgan fingerprint density at radius 2 is 1.83 bits per heavy atom. The number of methoxy groups -OCH3 is 1. The zero-order valence-electron chi connectivity index (χ0n) is 17.6. The lowest BCUT2D eigenvalue weighted by atomic mass is 9.85. The Labute approximate surface area is 173 Å². The summed E-state index contributed by atoms with van der Waals surface area (Å²) in [7, 11) is -2.37. The summed E-state index contributed by atoms with van der Waals surface area (Å²) < 4.78 is 38.6. The largest absolute Gasteiger partial charge is 0.492 e. The van der Waals surface area contributed by atoms with Crippen LogP contribution in [0.15, 0.2) is 47.4 Å². The number of hydrogen-bond acceptors (Lipinski definition) is 5. The molecule has 0 heterocycles. The average molecular weight is 420 g/mol. The molecule has 158 valence electrons. The molecule has 0 aliphatic rings. The Bertz CT molecular complexity index is 967. The van der Waals surface area contributed by atoms with Crippen molar-refractivity contribution in [3.8, 4) is 5.75 Å². The van der Waals surface area contributed by atoms with Gasteiger partial charge in [0.2, 0.25) is 10.0 Å². The highest BCUT2D eigenvalue weighted by Crippen LogP contribution is 2.26. The van der Waals surface area contributed by atoms with E-state index in [2.05, 4.69) is 4.72 Å². The van der Waals surface area contributed by atoms with Gasteiger partial charge in [-0.3, -0.25) is 4.79 Å². The molecule has 2 rings (SSSR count). The fraction of sp³-hybridized carbons (Fsp3) is 0.409. The molecule has 0 aliphatic carbocycles. The first-order valence-electron chi connectivity index (χ1n) is 9.49. The predicted octanol–water partition coefficient (Wildman–Crippen LogP) is 3.61. The Hall–Kier alpha value is -2.38. The van der Waals surface area contributed by atoms with Gasteiger partial charge in [0.25, 0.3) is 0 Å². The molecule has 0 radical (unpaired) electrons. The van der Waals surface area contributed by atoms with Crippen LogP contribution in [0.3, 0.4) is 0 Å². The highest BCUT2D eigenvalue weighted by atomic mass is 32.2. The van der Waals surface area contributed by atoms with Crippen LogP contribution in [-0.4, -0.2) is 28.1 Å². The van der Waals surface area contributed by atoms with Crippen molar-refractivity contribution < 1.29 is 22.7 Å². The summed E-state index contributed by atoms with van der Waals surface area (Å²) in [5.74, 6) is 0.0423. The number of carbonyl (C=O) groups excluding carboxylic acids is 1. The monoisotopic (exact) mass is 419 g/mol. The number of carbonyl (C=O) groups is 1. The lowest BCUT2D eigenvalue weighted by molar-refractivity contribution is -0.150. The van der Waals surface area contributed by atoms with E-state index in [1.54, 1.807) is 18.2 Å². The minimum absolute atomic E-state index is 0.113. The van der Waals surface area contributed by atoms with Crippen molar-refractivity contribution in [2.24, 2.45) is 5.41 Å². The Morgan fingerprint density at radius 1 is 1.14 bits per heavy atom. The van der Waals surface area contributed by atoms with Crippen molar-refractivity contribution in [3.63, 3.8) is 0 Å². The van der Waals surface area contributed by atoms with Crippen molar-refractivity contribution in [1.29, 1.82) is 0 Å². The number of esters is 1. The third kappa shape index (κ3) is 5.81. The molecular weight excluding hydrogens is 390 g/mol. The lowest BCUT2D eigenvalue weighted by Crippen LogP contribution is -2.28. The van der Waals surface area contributed by atoms with Gasteiger partial charge in [-0.25, -0.2) is 13.1 Å². The molecule has 0 unspecified atom stereocenters. The topological polar surface area (TPSA) is 81.7 Å². The van der Waals surface area contributed by atoms with E-state index in [1.165, 1.54) is 13.2 Å². The van der Waals surface area contributed by atoms with E-state index < -0.39 is 15.4 Å². The van der Waals surface area contributed by atoms with Gasteiger partial charge < -0.3 is 9.47 Å². The minimum Gasteiger partial charge on any atom is -0.492 e. The first-order chi connectivity index (χ1) is 13.6. The van der Waals surface area contributed by atoms with Gasteiger partial charge in [0.05, 0.1) is 19.1 Å². The van der Waals surface area contributed by atoms with Crippen LogP contribution in [0.5, 0.6) is 5.75 Å². The Kier molecular flexibility index (Phi) is 7.43. The van der Waals surface area contributed by atoms with Crippen molar-refractivity contribution in [2.75, 3.05) is 13.7 Å². The molecular formula is C22H29NO5S. The summed E-state index contributed by atoms with van der Waals surface area (Å²) in [6.45, 7) is 7.90. The first kappa shape index (κ1) is 22.9. The lowest BCUT2D eigenvalue weighted by Gasteiger charge is -2.22. The number of para-hydroxylation sites is 1. The number of nitrogens with one attached hydrogen (secondary N) is 1. The molecule has 0 aromatic heterocycles. The van der Waals surface area contributed by atoms with Crippen molar-refractivity contribution in [1.82, 2.24) is 4.72 Å². The van der Waals surface area contributed by atoms with E-state index in [1.807, 2.05) is 45.9 Å². The summed E-state index contributed by atoms with van der Waals surface area (Å²) >= 11 is 0. The van der Waals surface area contributed by atoms with Gasteiger partial charge in [0, 0.05) is 6.54 Å². The molecule has 0 fully saturated rings. The highest BCUT2D eigenvalue weighted by molar-refractivity contribution is 7.89.